The van der Waals surface area contributed by atoms with Crippen LogP contribution >= 0.6 is 0 Å². The fraction of sp³-hybridized carbons (Fsp3) is 0.0714. The number of rotatable bonds is 3. The molecule has 0 aliphatic rings. The zero-order valence-corrected chi connectivity index (χ0v) is 11.5. The third-order valence-corrected chi connectivity index (χ3v) is 3.17. The van der Waals surface area contributed by atoms with Gasteiger partial charge in [-0.15, -0.1) is 0 Å². The first-order chi connectivity index (χ1) is 11.2. The van der Waals surface area contributed by atoms with Crippen LogP contribution in [0.2, 0.25) is 0 Å². The van der Waals surface area contributed by atoms with Crippen LogP contribution in [0.4, 0.5) is 4.39 Å². The van der Waals surface area contributed by atoms with E-state index in [1.807, 2.05) is 0 Å². The summed E-state index contributed by atoms with van der Waals surface area (Å²) in [6, 6.07) is 4.01. The fourth-order valence-corrected chi connectivity index (χ4v) is 2.16. The van der Waals surface area contributed by atoms with Crippen molar-refractivity contribution in [1.29, 1.82) is 0 Å². The van der Waals surface area contributed by atoms with Crippen molar-refractivity contribution in [2.24, 2.45) is 0 Å². The van der Waals surface area contributed by atoms with Gasteiger partial charge in [0, 0.05) is 18.5 Å². The molecule has 0 fully saturated rings. The molecule has 0 saturated heterocycles. The summed E-state index contributed by atoms with van der Waals surface area (Å²) in [6.07, 6.45) is 4.43. The molecule has 3 aromatic heterocycles. The van der Waals surface area contributed by atoms with Gasteiger partial charge in [0.2, 0.25) is 11.7 Å². The Morgan fingerprint density at radius 1 is 1.26 bits per heavy atom. The molecule has 0 radical (unpaired) electrons. The van der Waals surface area contributed by atoms with Crippen molar-refractivity contribution in [3.8, 4) is 11.5 Å². The van der Waals surface area contributed by atoms with E-state index in [1.165, 1.54) is 41.4 Å². The van der Waals surface area contributed by atoms with Crippen molar-refractivity contribution in [1.82, 2.24) is 24.7 Å². The van der Waals surface area contributed by atoms with E-state index in [1.54, 1.807) is 0 Å². The maximum Gasteiger partial charge on any atom is 0.442 e. The highest BCUT2D eigenvalue weighted by molar-refractivity contribution is 5.72. The first-order valence-electron chi connectivity index (χ1n) is 6.58. The van der Waals surface area contributed by atoms with E-state index >= 15 is 0 Å². The van der Waals surface area contributed by atoms with Gasteiger partial charge in [0.15, 0.2) is 5.58 Å². The normalized spacial score (nSPS) is 11.2. The smallest absolute Gasteiger partial charge is 0.439 e. The van der Waals surface area contributed by atoms with Gasteiger partial charge < -0.3 is 4.42 Å². The minimum atomic E-state index is -0.681. The van der Waals surface area contributed by atoms with E-state index in [0.717, 1.165) is 0 Å². The number of nitrogens with zero attached hydrogens (tertiary/aromatic N) is 5. The number of hydrogen-bond donors (Lipinski definition) is 0. The van der Waals surface area contributed by atoms with Gasteiger partial charge in [0.1, 0.15) is 23.6 Å². The first kappa shape index (κ1) is 13.3. The molecular formula is C14H8FN5O3. The molecule has 3 heterocycles. The Kier molecular flexibility index (Phi) is 2.97. The van der Waals surface area contributed by atoms with Gasteiger partial charge in [-0.05, 0) is 12.1 Å². The second-order valence-electron chi connectivity index (χ2n) is 4.67. The van der Waals surface area contributed by atoms with Crippen molar-refractivity contribution in [3.63, 3.8) is 0 Å². The number of hydrogen-bond acceptors (Lipinski definition) is 7. The van der Waals surface area contributed by atoms with Crippen LogP contribution in [0.25, 0.3) is 22.6 Å². The van der Waals surface area contributed by atoms with Gasteiger partial charge in [-0.1, -0.05) is 5.16 Å². The van der Waals surface area contributed by atoms with Gasteiger partial charge in [-0.2, -0.15) is 0 Å². The molecule has 9 heteroatoms. The summed E-state index contributed by atoms with van der Waals surface area (Å²) >= 11 is 0. The summed E-state index contributed by atoms with van der Waals surface area (Å²) in [5.41, 5.74) is 1.16. The van der Waals surface area contributed by atoms with E-state index in [4.69, 9.17) is 4.42 Å². The molecule has 0 unspecified atom stereocenters. The maximum absolute atomic E-state index is 13.2. The van der Waals surface area contributed by atoms with Crippen molar-refractivity contribution < 1.29 is 13.3 Å². The number of benzene rings is 1. The molecule has 0 atom stereocenters. The Bertz CT molecular complexity index is 1040. The van der Waals surface area contributed by atoms with Crippen LogP contribution in [0, 0.1) is 5.82 Å². The number of fused-ring (bicyclic) bond motifs is 1. The SMILES string of the molecule is O=c1onc(-c2cnccn2)n1Cc1nc2ccc(F)cc2o1. The second-order valence-corrected chi connectivity index (χ2v) is 4.67. The Labute approximate surface area is 127 Å². The van der Waals surface area contributed by atoms with E-state index in [-0.39, 0.29) is 18.3 Å². The number of halogens is 1. The number of oxazole rings is 1. The van der Waals surface area contributed by atoms with Crippen molar-refractivity contribution in [2.75, 3.05) is 0 Å². The first-order valence-corrected chi connectivity index (χ1v) is 6.58. The summed E-state index contributed by atoms with van der Waals surface area (Å²) in [7, 11) is 0. The molecule has 8 nitrogen and oxygen atoms in total. The molecule has 23 heavy (non-hydrogen) atoms. The zero-order valence-electron chi connectivity index (χ0n) is 11.5. The quantitative estimate of drug-likeness (QED) is 0.566. The third-order valence-electron chi connectivity index (χ3n) is 3.17. The Morgan fingerprint density at radius 2 is 2.17 bits per heavy atom. The molecule has 0 spiro atoms. The predicted molar refractivity (Wildman–Crippen MR) is 74.9 cm³/mol. The molecule has 0 saturated carbocycles. The average Bonchev–Trinajstić information content (AvgIpc) is 3.12. The zero-order chi connectivity index (χ0) is 15.8. The van der Waals surface area contributed by atoms with Crippen LogP contribution in [-0.4, -0.2) is 24.7 Å². The van der Waals surface area contributed by atoms with Crippen LogP contribution in [0.3, 0.4) is 0 Å². The average molecular weight is 313 g/mol. The van der Waals surface area contributed by atoms with Gasteiger partial charge in [-0.25, -0.2) is 23.7 Å². The number of aromatic nitrogens is 5. The van der Waals surface area contributed by atoms with Crippen LogP contribution in [-0.2, 0) is 6.54 Å². The molecule has 0 aliphatic carbocycles. The highest BCUT2D eigenvalue weighted by atomic mass is 19.1. The van der Waals surface area contributed by atoms with Crippen molar-refractivity contribution >= 4 is 11.1 Å². The topological polar surface area (TPSA) is 99.8 Å². The van der Waals surface area contributed by atoms with E-state index in [0.29, 0.717) is 16.8 Å². The predicted octanol–water partition coefficient (Wildman–Crippen LogP) is 1.62. The Balaban J connectivity index is 1.76. The Hall–Kier alpha value is -3.36. The van der Waals surface area contributed by atoms with Gasteiger partial charge in [0.25, 0.3) is 0 Å². The van der Waals surface area contributed by atoms with Crippen LogP contribution in [0.15, 0.2) is 50.5 Å². The Morgan fingerprint density at radius 3 is 3.00 bits per heavy atom. The molecule has 0 amide bonds. The summed E-state index contributed by atoms with van der Waals surface area (Å²) in [6.45, 7) is -0.0233. The molecule has 4 aromatic rings. The lowest BCUT2D eigenvalue weighted by Crippen LogP contribution is -2.16. The van der Waals surface area contributed by atoms with Gasteiger partial charge in [0.05, 0.1) is 6.20 Å². The van der Waals surface area contributed by atoms with Gasteiger partial charge in [-0.3, -0.25) is 9.51 Å². The largest absolute Gasteiger partial charge is 0.442 e. The lowest BCUT2D eigenvalue weighted by molar-refractivity contribution is 0.374. The van der Waals surface area contributed by atoms with Crippen molar-refractivity contribution in [3.05, 3.63) is 59.0 Å². The summed E-state index contributed by atoms with van der Waals surface area (Å²) in [5, 5.41) is 3.69. The summed E-state index contributed by atoms with van der Waals surface area (Å²) in [4.78, 5) is 24.0. The van der Waals surface area contributed by atoms with Crippen LogP contribution in [0.1, 0.15) is 5.89 Å². The monoisotopic (exact) mass is 313 g/mol. The maximum atomic E-state index is 13.2. The summed E-state index contributed by atoms with van der Waals surface area (Å²) < 4.78 is 24.5. The molecule has 0 N–H and O–H groups in total. The van der Waals surface area contributed by atoms with Crippen LogP contribution in [0.5, 0.6) is 0 Å². The molecule has 1 aromatic carbocycles. The molecule has 0 bridgehead atoms. The second kappa shape index (κ2) is 5.13. The minimum Gasteiger partial charge on any atom is -0.439 e. The standard InChI is InChI=1S/C14H8FN5O3/c15-8-1-2-9-11(5-8)22-12(18-9)7-20-13(19-23-14(20)21)10-6-16-3-4-17-10/h1-6H,7H2. The van der Waals surface area contributed by atoms with E-state index in [9.17, 15) is 9.18 Å². The lowest BCUT2D eigenvalue weighted by Gasteiger charge is -2.00. The highest BCUT2D eigenvalue weighted by Gasteiger charge is 2.17. The lowest BCUT2D eigenvalue weighted by atomic mass is 10.3. The van der Waals surface area contributed by atoms with E-state index < -0.39 is 11.6 Å². The van der Waals surface area contributed by atoms with E-state index in [2.05, 4.69) is 24.6 Å². The minimum absolute atomic E-state index is 0.0233. The molecule has 0 aliphatic heterocycles. The van der Waals surface area contributed by atoms with Gasteiger partial charge >= 0.3 is 5.76 Å². The molecular weight excluding hydrogens is 305 g/mol. The third kappa shape index (κ3) is 2.37. The fourth-order valence-electron chi connectivity index (χ4n) is 2.16. The highest BCUT2D eigenvalue weighted by Crippen LogP contribution is 2.18. The molecule has 4 rings (SSSR count). The molecule has 114 valence electrons. The van der Waals surface area contributed by atoms with Crippen LogP contribution < -0.4 is 5.76 Å². The summed E-state index contributed by atoms with van der Waals surface area (Å²) in [5.74, 6) is -0.681. The van der Waals surface area contributed by atoms with Crippen molar-refractivity contribution in [2.45, 2.75) is 6.54 Å².